The molecule has 0 unspecified atom stereocenters. The first-order valence-electron chi connectivity index (χ1n) is 9.81. The molecular formula is C24H23FN2O3S. The Labute approximate surface area is 183 Å². The Bertz CT molecular complexity index is 1340. The van der Waals surface area contributed by atoms with Crippen LogP contribution in [-0.4, -0.2) is 14.7 Å². The molecule has 1 aromatic carbocycles. The highest BCUT2D eigenvalue weighted by molar-refractivity contribution is 7.17. The highest BCUT2D eigenvalue weighted by atomic mass is 32.1. The van der Waals surface area contributed by atoms with Crippen molar-refractivity contribution >= 4 is 21.4 Å². The molecule has 0 aliphatic carbocycles. The smallest absolute Gasteiger partial charge is 0.259 e. The zero-order valence-electron chi connectivity index (χ0n) is 18.0. The maximum atomic E-state index is 13.8. The normalized spacial score (nSPS) is 11.8. The third-order valence-electron chi connectivity index (χ3n) is 5.25. The maximum absolute atomic E-state index is 13.8. The van der Waals surface area contributed by atoms with Gasteiger partial charge in [0.15, 0.2) is 0 Å². The zero-order chi connectivity index (χ0) is 22.5. The fourth-order valence-electron chi connectivity index (χ4n) is 3.60. The molecule has 0 atom stereocenters. The first-order chi connectivity index (χ1) is 14.6. The SMILES string of the molecule is Cc1cc(F)cc(C)c1Oc1ncc(C(C)(C)O)cc1-c1cn(C)c(=O)c2ccsc12. The summed E-state index contributed by atoms with van der Waals surface area (Å²) >= 11 is 1.46. The van der Waals surface area contributed by atoms with Crippen LogP contribution in [0.5, 0.6) is 11.6 Å². The lowest BCUT2D eigenvalue weighted by Crippen LogP contribution is -2.17. The Morgan fingerprint density at radius 3 is 2.48 bits per heavy atom. The number of halogens is 1. The zero-order valence-corrected chi connectivity index (χ0v) is 18.8. The Hall–Kier alpha value is -3.03. The monoisotopic (exact) mass is 438 g/mol. The van der Waals surface area contributed by atoms with Gasteiger partial charge in [-0.2, -0.15) is 0 Å². The van der Waals surface area contributed by atoms with Crippen LogP contribution in [0.3, 0.4) is 0 Å². The largest absolute Gasteiger partial charge is 0.438 e. The van der Waals surface area contributed by atoms with Crippen molar-refractivity contribution in [3.8, 4) is 22.8 Å². The lowest BCUT2D eigenvalue weighted by Gasteiger charge is -2.21. The molecule has 3 aromatic heterocycles. The highest BCUT2D eigenvalue weighted by Gasteiger charge is 2.23. The number of aliphatic hydroxyl groups is 1. The number of hydrogen-bond acceptors (Lipinski definition) is 5. The van der Waals surface area contributed by atoms with Crippen molar-refractivity contribution in [2.24, 2.45) is 7.05 Å². The third-order valence-corrected chi connectivity index (χ3v) is 6.20. The Balaban J connectivity index is 1.98. The van der Waals surface area contributed by atoms with Crippen molar-refractivity contribution in [2.45, 2.75) is 33.3 Å². The second-order valence-corrected chi connectivity index (χ2v) is 9.14. The van der Waals surface area contributed by atoms with E-state index in [0.29, 0.717) is 39.3 Å². The summed E-state index contributed by atoms with van der Waals surface area (Å²) in [5, 5.41) is 13.0. The molecule has 160 valence electrons. The van der Waals surface area contributed by atoms with Gasteiger partial charge in [-0.25, -0.2) is 9.37 Å². The van der Waals surface area contributed by atoms with Crippen molar-refractivity contribution in [2.75, 3.05) is 0 Å². The van der Waals surface area contributed by atoms with Gasteiger partial charge in [-0.05, 0) is 68.5 Å². The molecule has 0 fully saturated rings. The lowest BCUT2D eigenvalue weighted by molar-refractivity contribution is 0.0782. The summed E-state index contributed by atoms with van der Waals surface area (Å²) < 4.78 is 22.3. The minimum atomic E-state index is -1.11. The van der Waals surface area contributed by atoms with Gasteiger partial charge in [0.05, 0.1) is 11.0 Å². The second kappa shape index (κ2) is 7.59. The lowest BCUT2D eigenvalue weighted by atomic mass is 9.96. The Morgan fingerprint density at radius 2 is 1.84 bits per heavy atom. The van der Waals surface area contributed by atoms with Gasteiger partial charge in [-0.15, -0.1) is 11.3 Å². The Morgan fingerprint density at radius 1 is 1.16 bits per heavy atom. The topological polar surface area (TPSA) is 64.3 Å². The molecular weight excluding hydrogens is 415 g/mol. The predicted octanol–water partition coefficient (Wildman–Crippen LogP) is 5.44. The van der Waals surface area contributed by atoms with Crippen LogP contribution in [0.1, 0.15) is 30.5 Å². The molecule has 1 N–H and O–H groups in total. The quantitative estimate of drug-likeness (QED) is 0.461. The summed E-state index contributed by atoms with van der Waals surface area (Å²) in [4.78, 5) is 17.0. The average molecular weight is 439 g/mol. The first kappa shape index (κ1) is 21.2. The van der Waals surface area contributed by atoms with Gasteiger partial charge in [0.25, 0.3) is 5.56 Å². The van der Waals surface area contributed by atoms with E-state index < -0.39 is 5.60 Å². The van der Waals surface area contributed by atoms with Gasteiger partial charge < -0.3 is 14.4 Å². The van der Waals surface area contributed by atoms with Crippen molar-refractivity contribution < 1.29 is 14.2 Å². The number of pyridine rings is 2. The number of thiophene rings is 1. The molecule has 0 spiro atoms. The number of hydrogen-bond donors (Lipinski definition) is 1. The summed E-state index contributed by atoms with van der Waals surface area (Å²) in [6.45, 7) is 6.92. The molecule has 3 heterocycles. The average Bonchev–Trinajstić information content (AvgIpc) is 3.17. The summed E-state index contributed by atoms with van der Waals surface area (Å²) in [5.74, 6) is 0.517. The van der Waals surface area contributed by atoms with Crippen molar-refractivity contribution in [3.63, 3.8) is 0 Å². The van der Waals surface area contributed by atoms with E-state index in [1.54, 1.807) is 53.2 Å². The van der Waals surface area contributed by atoms with Gasteiger partial charge >= 0.3 is 0 Å². The molecule has 5 nitrogen and oxygen atoms in total. The van der Waals surface area contributed by atoms with E-state index in [1.807, 2.05) is 11.4 Å². The fourth-order valence-corrected chi connectivity index (χ4v) is 4.51. The Kier molecular flexibility index (Phi) is 5.19. The van der Waals surface area contributed by atoms with Crippen LogP contribution in [0.4, 0.5) is 4.39 Å². The second-order valence-electron chi connectivity index (χ2n) is 8.23. The molecule has 0 saturated heterocycles. The molecule has 0 radical (unpaired) electrons. The van der Waals surface area contributed by atoms with Gasteiger partial charge in [-0.1, -0.05) is 0 Å². The van der Waals surface area contributed by atoms with Crippen molar-refractivity contribution in [1.82, 2.24) is 9.55 Å². The number of fused-ring (bicyclic) bond motifs is 1. The minimum absolute atomic E-state index is 0.0840. The van der Waals surface area contributed by atoms with Crippen LogP contribution in [0.2, 0.25) is 0 Å². The standard InChI is InChI=1S/C24H23FN2O3S/c1-13-8-16(25)9-14(2)20(13)30-22-18(10-15(11-26-22)24(3,4)29)19-12-27(5)23(28)17-6-7-31-21(17)19/h6-12,29H,1-5H3. The van der Waals surface area contributed by atoms with Crippen LogP contribution in [0.25, 0.3) is 21.2 Å². The molecule has 4 rings (SSSR count). The number of nitrogens with zero attached hydrogens (tertiary/aromatic N) is 2. The van der Waals surface area contributed by atoms with Gasteiger partial charge in [0, 0.05) is 40.8 Å². The molecule has 4 aromatic rings. The summed E-state index contributed by atoms with van der Waals surface area (Å²) in [6.07, 6.45) is 3.32. The predicted molar refractivity (Wildman–Crippen MR) is 121 cm³/mol. The number of ether oxygens (including phenoxy) is 1. The molecule has 7 heteroatoms. The van der Waals surface area contributed by atoms with E-state index in [2.05, 4.69) is 4.98 Å². The van der Waals surface area contributed by atoms with Crippen LogP contribution in [0, 0.1) is 19.7 Å². The van der Waals surface area contributed by atoms with Gasteiger partial charge in [0.1, 0.15) is 11.6 Å². The van der Waals surface area contributed by atoms with E-state index in [4.69, 9.17) is 4.74 Å². The number of aromatic nitrogens is 2. The molecule has 0 saturated carbocycles. The van der Waals surface area contributed by atoms with E-state index in [0.717, 1.165) is 10.3 Å². The first-order valence-corrected chi connectivity index (χ1v) is 10.7. The van der Waals surface area contributed by atoms with Gasteiger partial charge in [-0.3, -0.25) is 4.79 Å². The number of rotatable bonds is 4. The van der Waals surface area contributed by atoms with E-state index in [1.165, 1.54) is 28.0 Å². The van der Waals surface area contributed by atoms with E-state index in [-0.39, 0.29) is 11.4 Å². The van der Waals surface area contributed by atoms with Gasteiger partial charge in [0.2, 0.25) is 5.88 Å². The number of benzene rings is 1. The molecule has 0 bridgehead atoms. The van der Waals surface area contributed by atoms with Crippen molar-refractivity contribution in [3.05, 3.63) is 74.9 Å². The van der Waals surface area contributed by atoms with Crippen LogP contribution >= 0.6 is 11.3 Å². The van der Waals surface area contributed by atoms with E-state index >= 15 is 0 Å². The molecule has 0 amide bonds. The van der Waals surface area contributed by atoms with Crippen LogP contribution in [0.15, 0.2) is 46.8 Å². The highest BCUT2D eigenvalue weighted by Crippen LogP contribution is 2.40. The van der Waals surface area contributed by atoms with E-state index in [9.17, 15) is 14.3 Å². The molecule has 0 aliphatic heterocycles. The molecule has 31 heavy (non-hydrogen) atoms. The molecule has 0 aliphatic rings. The summed E-state index contributed by atoms with van der Waals surface area (Å²) in [6, 6.07) is 6.46. The summed E-state index contributed by atoms with van der Waals surface area (Å²) in [7, 11) is 1.70. The third kappa shape index (κ3) is 3.86. The number of aryl methyl sites for hydroxylation is 3. The minimum Gasteiger partial charge on any atom is -0.438 e. The van der Waals surface area contributed by atoms with Crippen LogP contribution < -0.4 is 10.3 Å². The van der Waals surface area contributed by atoms with Crippen molar-refractivity contribution in [1.29, 1.82) is 0 Å². The van der Waals surface area contributed by atoms with Crippen LogP contribution in [-0.2, 0) is 12.6 Å². The fraction of sp³-hybridized carbons (Fsp3) is 0.250. The maximum Gasteiger partial charge on any atom is 0.259 e. The summed E-state index contributed by atoms with van der Waals surface area (Å²) in [5.41, 5.74) is 2.14.